The average molecular weight is 373 g/mol. The Morgan fingerprint density at radius 1 is 1.15 bits per heavy atom. The molecule has 0 heterocycles. The van der Waals surface area contributed by atoms with Gasteiger partial charge in [0.2, 0.25) is 0 Å². The van der Waals surface area contributed by atoms with Gasteiger partial charge >= 0.3 is 5.97 Å². The second kappa shape index (κ2) is 8.38. The highest BCUT2D eigenvalue weighted by Crippen LogP contribution is 2.28. The number of benzene rings is 2. The number of ether oxygens (including phenoxy) is 2. The molecule has 2 rings (SSSR count). The lowest BCUT2D eigenvalue weighted by atomic mass is 9.98. The summed E-state index contributed by atoms with van der Waals surface area (Å²) in [6.07, 6.45) is 1.59. The van der Waals surface area contributed by atoms with Gasteiger partial charge in [-0.05, 0) is 56.2 Å². The summed E-state index contributed by atoms with van der Waals surface area (Å²) in [5.41, 5.74) is 2.90. The van der Waals surface area contributed by atoms with Gasteiger partial charge in [0.25, 0.3) is 0 Å². The highest BCUT2D eigenvalue weighted by molar-refractivity contribution is 7.91. The average Bonchev–Trinajstić information content (AvgIpc) is 2.64. The first-order valence-corrected chi connectivity index (χ1v) is 9.20. The van der Waals surface area contributed by atoms with Crippen LogP contribution in [-0.4, -0.2) is 35.7 Å². The lowest BCUT2D eigenvalue weighted by Crippen LogP contribution is -2.25. The maximum Gasteiger partial charge on any atom is 0.337 e. The highest BCUT2D eigenvalue weighted by atomic mass is 32.2. The second-order valence-corrected chi connectivity index (χ2v) is 8.56. The fraction of sp³-hybridized carbons (Fsp3) is 0.300. The van der Waals surface area contributed by atoms with Crippen molar-refractivity contribution in [2.75, 3.05) is 14.2 Å². The van der Waals surface area contributed by atoms with Gasteiger partial charge in [0.1, 0.15) is 21.9 Å². The SMILES string of the molecule is COC(=O)c1cccc(-c2ccc(OC)cc2C=N[S+]([O-])C(C)(C)C)c1. The van der Waals surface area contributed by atoms with Gasteiger partial charge in [-0.3, -0.25) is 0 Å². The molecule has 0 N–H and O–H groups in total. The molecule has 1 unspecified atom stereocenters. The molecule has 5 nitrogen and oxygen atoms in total. The predicted octanol–water partition coefficient (Wildman–Crippen LogP) is 4.03. The Balaban J connectivity index is 2.49. The molecule has 0 aliphatic heterocycles. The zero-order chi connectivity index (χ0) is 19.3. The molecule has 0 spiro atoms. The van der Waals surface area contributed by atoms with E-state index in [0.29, 0.717) is 11.3 Å². The summed E-state index contributed by atoms with van der Waals surface area (Å²) < 4.78 is 26.1. The Morgan fingerprint density at radius 3 is 2.50 bits per heavy atom. The Hall–Kier alpha value is -2.31. The summed E-state index contributed by atoms with van der Waals surface area (Å²) >= 11 is -1.37. The maximum absolute atomic E-state index is 12.2. The van der Waals surface area contributed by atoms with Gasteiger partial charge in [-0.2, -0.15) is 0 Å². The summed E-state index contributed by atoms with van der Waals surface area (Å²) in [4.78, 5) is 11.8. The zero-order valence-corrected chi connectivity index (χ0v) is 16.4. The van der Waals surface area contributed by atoms with Gasteiger partial charge in [0.05, 0.1) is 26.0 Å². The van der Waals surface area contributed by atoms with Crippen molar-refractivity contribution in [3.8, 4) is 16.9 Å². The number of hydrogen-bond donors (Lipinski definition) is 0. The molecule has 26 heavy (non-hydrogen) atoms. The molecular formula is C20H23NO4S. The first-order valence-electron chi connectivity index (χ1n) is 8.09. The van der Waals surface area contributed by atoms with Crippen molar-refractivity contribution < 1.29 is 18.8 Å². The van der Waals surface area contributed by atoms with Crippen molar-refractivity contribution in [3.05, 3.63) is 53.6 Å². The molecule has 0 bridgehead atoms. The molecule has 0 aliphatic carbocycles. The maximum atomic E-state index is 12.2. The van der Waals surface area contributed by atoms with Crippen molar-refractivity contribution in [1.82, 2.24) is 0 Å². The molecule has 2 aromatic rings. The molecule has 0 saturated heterocycles. The number of carbonyl (C=O) groups is 1. The van der Waals surface area contributed by atoms with Crippen LogP contribution in [0.1, 0.15) is 36.7 Å². The lowest BCUT2D eigenvalue weighted by molar-refractivity contribution is 0.0601. The first kappa shape index (κ1) is 20.0. The monoisotopic (exact) mass is 373 g/mol. The number of rotatable bonds is 5. The van der Waals surface area contributed by atoms with Gasteiger partial charge in [-0.25, -0.2) is 4.79 Å². The first-order chi connectivity index (χ1) is 12.3. The third-order valence-corrected chi connectivity index (χ3v) is 5.01. The highest BCUT2D eigenvalue weighted by Gasteiger charge is 2.26. The van der Waals surface area contributed by atoms with Gasteiger partial charge in [-0.15, -0.1) is 0 Å². The van der Waals surface area contributed by atoms with Gasteiger partial charge in [0.15, 0.2) is 0 Å². The molecule has 138 valence electrons. The fourth-order valence-corrected chi connectivity index (χ4v) is 2.76. The van der Waals surface area contributed by atoms with Crippen LogP contribution in [0, 0.1) is 0 Å². The van der Waals surface area contributed by atoms with Crippen LogP contribution in [0.25, 0.3) is 11.1 Å². The van der Waals surface area contributed by atoms with E-state index in [1.807, 2.05) is 45.0 Å². The van der Waals surface area contributed by atoms with Crippen molar-refractivity contribution in [2.24, 2.45) is 4.40 Å². The minimum absolute atomic E-state index is 0.399. The second-order valence-electron chi connectivity index (χ2n) is 6.62. The molecular weight excluding hydrogens is 350 g/mol. The Bertz CT molecular complexity index is 812. The molecule has 0 aliphatic rings. The predicted molar refractivity (Wildman–Crippen MR) is 105 cm³/mol. The Labute approximate surface area is 157 Å². The van der Waals surface area contributed by atoms with Crippen LogP contribution < -0.4 is 4.74 Å². The normalized spacial score (nSPS) is 12.8. The number of methoxy groups -OCH3 is 2. The van der Waals surface area contributed by atoms with E-state index in [1.54, 1.807) is 31.5 Å². The van der Waals surface area contributed by atoms with Crippen LogP contribution in [0.2, 0.25) is 0 Å². The molecule has 1 atom stereocenters. The van der Waals surface area contributed by atoms with E-state index in [-0.39, 0.29) is 0 Å². The lowest BCUT2D eigenvalue weighted by Gasteiger charge is -2.18. The molecule has 0 fully saturated rings. The van der Waals surface area contributed by atoms with Crippen molar-refractivity contribution in [1.29, 1.82) is 0 Å². The van der Waals surface area contributed by atoms with Crippen molar-refractivity contribution >= 4 is 23.5 Å². The van der Waals surface area contributed by atoms with Gasteiger partial charge in [0, 0.05) is 5.56 Å². The molecule has 0 saturated carbocycles. The number of hydrogen-bond acceptors (Lipinski definition) is 5. The summed E-state index contributed by atoms with van der Waals surface area (Å²) in [5, 5.41) is 0. The minimum atomic E-state index is -1.37. The van der Waals surface area contributed by atoms with Crippen molar-refractivity contribution in [2.45, 2.75) is 25.5 Å². The standard InChI is InChI=1S/C20H23NO4S/c1-20(2,3)26(23)21-13-16-12-17(24-4)9-10-18(16)14-7-6-8-15(11-14)19(22)25-5/h6-13H,1-5H3. The molecule has 0 aromatic heterocycles. The van der Waals surface area contributed by atoms with Crippen LogP contribution >= 0.6 is 0 Å². The summed E-state index contributed by atoms with van der Waals surface area (Å²) in [7, 11) is 2.93. The van der Waals surface area contributed by atoms with E-state index in [0.717, 1.165) is 16.7 Å². The quantitative estimate of drug-likeness (QED) is 0.451. The van der Waals surface area contributed by atoms with Gasteiger partial charge in [-0.1, -0.05) is 22.6 Å². The van der Waals surface area contributed by atoms with Crippen LogP contribution in [0.4, 0.5) is 0 Å². The third kappa shape index (κ3) is 4.86. The van der Waals surface area contributed by atoms with Crippen molar-refractivity contribution in [3.63, 3.8) is 0 Å². The Kier molecular flexibility index (Phi) is 6.45. The Morgan fingerprint density at radius 2 is 1.88 bits per heavy atom. The number of carbonyl (C=O) groups excluding carboxylic acids is 1. The molecule has 6 heteroatoms. The van der Waals surface area contributed by atoms with E-state index in [9.17, 15) is 9.35 Å². The number of nitrogens with zero attached hydrogens (tertiary/aromatic N) is 1. The van der Waals surface area contributed by atoms with Crippen LogP contribution in [-0.2, 0) is 16.1 Å². The summed E-state index contributed by atoms with van der Waals surface area (Å²) in [5.74, 6) is 0.269. The summed E-state index contributed by atoms with van der Waals surface area (Å²) in [6.45, 7) is 5.60. The molecule has 0 amide bonds. The van der Waals surface area contributed by atoms with E-state index in [2.05, 4.69) is 4.40 Å². The van der Waals surface area contributed by atoms with Gasteiger partial charge < -0.3 is 14.0 Å². The molecule has 2 aromatic carbocycles. The van der Waals surface area contributed by atoms with E-state index in [1.165, 1.54) is 7.11 Å². The largest absolute Gasteiger partial charge is 0.591 e. The van der Waals surface area contributed by atoms with Crippen LogP contribution in [0.3, 0.4) is 0 Å². The van der Waals surface area contributed by atoms with Crippen LogP contribution in [0.15, 0.2) is 46.9 Å². The topological polar surface area (TPSA) is 71.0 Å². The smallest absolute Gasteiger partial charge is 0.337 e. The minimum Gasteiger partial charge on any atom is -0.591 e. The van der Waals surface area contributed by atoms with E-state index < -0.39 is 22.1 Å². The zero-order valence-electron chi connectivity index (χ0n) is 15.6. The number of esters is 1. The van der Waals surface area contributed by atoms with Crippen LogP contribution in [0.5, 0.6) is 5.75 Å². The van der Waals surface area contributed by atoms with E-state index >= 15 is 0 Å². The fourth-order valence-electron chi connectivity index (χ4n) is 2.23. The van der Waals surface area contributed by atoms with E-state index in [4.69, 9.17) is 9.47 Å². The third-order valence-electron chi connectivity index (χ3n) is 3.66. The molecule has 0 radical (unpaired) electrons. The summed E-state index contributed by atoms with van der Waals surface area (Å²) in [6, 6.07) is 12.7.